The number of nitrogens with zero attached hydrogens (tertiary/aromatic N) is 1. The van der Waals surface area contributed by atoms with Crippen molar-refractivity contribution in [2.75, 3.05) is 19.6 Å². The first-order valence-corrected chi connectivity index (χ1v) is 5.84. The third-order valence-corrected chi connectivity index (χ3v) is 3.23. The Kier molecular flexibility index (Phi) is 3.26. The first kappa shape index (κ1) is 10.9. The van der Waals surface area contributed by atoms with Crippen LogP contribution in [0.1, 0.15) is 26.7 Å². The maximum absolute atomic E-state index is 11.6. The van der Waals surface area contributed by atoms with E-state index in [9.17, 15) is 4.79 Å². The number of carbonyl (C=O) groups excluding carboxylic acids is 1. The highest BCUT2D eigenvalue weighted by molar-refractivity contribution is 5.76. The summed E-state index contributed by atoms with van der Waals surface area (Å²) in [5.41, 5.74) is 0. The predicted molar refractivity (Wildman–Crippen MR) is 57.6 cm³/mol. The van der Waals surface area contributed by atoms with Crippen molar-refractivity contribution in [1.82, 2.24) is 10.2 Å². The molecule has 86 valence electrons. The van der Waals surface area contributed by atoms with Crippen LogP contribution in [0.3, 0.4) is 0 Å². The predicted octanol–water partition coefficient (Wildman–Crippen LogP) is 0.374. The third-order valence-electron chi connectivity index (χ3n) is 3.23. The van der Waals surface area contributed by atoms with Gasteiger partial charge >= 0.3 is 5.97 Å². The largest absolute Gasteiger partial charge is 0.458 e. The Morgan fingerprint density at radius 3 is 2.73 bits per heavy atom. The topological polar surface area (TPSA) is 41.6 Å². The van der Waals surface area contributed by atoms with Gasteiger partial charge in [-0.25, -0.2) is 0 Å². The van der Waals surface area contributed by atoms with Gasteiger partial charge in [0, 0.05) is 19.1 Å². The van der Waals surface area contributed by atoms with Crippen molar-refractivity contribution >= 4 is 5.97 Å². The molecule has 2 aliphatic rings. The van der Waals surface area contributed by atoms with E-state index >= 15 is 0 Å². The molecule has 4 nitrogen and oxygen atoms in total. The highest BCUT2D eigenvalue weighted by atomic mass is 16.5. The van der Waals surface area contributed by atoms with Crippen molar-refractivity contribution in [1.29, 1.82) is 0 Å². The van der Waals surface area contributed by atoms with E-state index in [1.54, 1.807) is 0 Å². The fourth-order valence-corrected chi connectivity index (χ4v) is 2.10. The zero-order chi connectivity index (χ0) is 10.8. The van der Waals surface area contributed by atoms with Crippen LogP contribution in [0.2, 0.25) is 0 Å². The molecule has 2 rings (SSSR count). The molecular weight excluding hydrogens is 192 g/mol. The lowest BCUT2D eigenvalue weighted by molar-refractivity contribution is -0.160. The minimum Gasteiger partial charge on any atom is -0.458 e. The van der Waals surface area contributed by atoms with Crippen LogP contribution in [-0.4, -0.2) is 48.7 Å². The van der Waals surface area contributed by atoms with Crippen molar-refractivity contribution in [3.05, 3.63) is 0 Å². The van der Waals surface area contributed by atoms with Crippen molar-refractivity contribution in [2.24, 2.45) is 0 Å². The summed E-state index contributed by atoms with van der Waals surface area (Å²) >= 11 is 0. The van der Waals surface area contributed by atoms with E-state index in [4.69, 9.17) is 4.74 Å². The Labute approximate surface area is 91.0 Å². The molecule has 0 aromatic rings. The smallest absolute Gasteiger partial charge is 0.323 e. The molecular formula is C11H20N2O2. The normalized spacial score (nSPS) is 28.1. The van der Waals surface area contributed by atoms with E-state index in [1.807, 2.05) is 0 Å². The third kappa shape index (κ3) is 2.49. The van der Waals surface area contributed by atoms with E-state index in [-0.39, 0.29) is 18.1 Å². The van der Waals surface area contributed by atoms with Crippen molar-refractivity contribution in [3.63, 3.8) is 0 Å². The lowest BCUT2D eigenvalue weighted by Crippen LogP contribution is -2.56. The molecule has 0 unspecified atom stereocenters. The van der Waals surface area contributed by atoms with Gasteiger partial charge in [0.05, 0.1) is 0 Å². The number of esters is 1. The highest BCUT2D eigenvalue weighted by Crippen LogP contribution is 2.16. The summed E-state index contributed by atoms with van der Waals surface area (Å²) in [7, 11) is 0. The second-order valence-electron chi connectivity index (χ2n) is 4.76. The van der Waals surface area contributed by atoms with E-state index in [2.05, 4.69) is 24.1 Å². The fraction of sp³-hybridized carbons (Fsp3) is 0.909. The molecule has 2 aliphatic heterocycles. The summed E-state index contributed by atoms with van der Waals surface area (Å²) in [5.74, 6) is -0.0547. The maximum Gasteiger partial charge on any atom is 0.323 e. The van der Waals surface area contributed by atoms with Crippen LogP contribution in [0, 0.1) is 0 Å². The highest BCUT2D eigenvalue weighted by Gasteiger charge is 2.33. The van der Waals surface area contributed by atoms with Crippen molar-refractivity contribution in [2.45, 2.75) is 44.9 Å². The first-order chi connectivity index (χ1) is 7.16. The summed E-state index contributed by atoms with van der Waals surface area (Å²) in [6, 6.07) is 0.516. The van der Waals surface area contributed by atoms with Crippen LogP contribution in [0.4, 0.5) is 0 Å². The molecule has 0 saturated carbocycles. The Morgan fingerprint density at radius 1 is 1.47 bits per heavy atom. The molecule has 1 atom stereocenters. The molecule has 0 aromatic carbocycles. The van der Waals surface area contributed by atoms with Gasteiger partial charge in [0.2, 0.25) is 0 Å². The second-order valence-corrected chi connectivity index (χ2v) is 4.76. The summed E-state index contributed by atoms with van der Waals surface area (Å²) < 4.78 is 5.41. The van der Waals surface area contributed by atoms with Crippen LogP contribution < -0.4 is 5.32 Å². The second kappa shape index (κ2) is 4.49. The summed E-state index contributed by atoms with van der Waals surface area (Å²) in [6.45, 7) is 7.07. The Hall–Kier alpha value is -0.610. The van der Waals surface area contributed by atoms with Crippen LogP contribution in [0.15, 0.2) is 0 Å². The molecule has 0 bridgehead atoms. The lowest BCUT2D eigenvalue weighted by Gasteiger charge is -2.41. The van der Waals surface area contributed by atoms with Gasteiger partial charge in [-0.05, 0) is 33.2 Å². The standard InChI is InChI=1S/C11H20N2O2/c1-8(2)13-6-9(7-13)15-11(14)10-4-3-5-12-10/h8-10,12H,3-7H2,1-2H3/t10-/m0/s1. The molecule has 2 heterocycles. The summed E-state index contributed by atoms with van der Waals surface area (Å²) in [6.07, 6.45) is 2.14. The lowest BCUT2D eigenvalue weighted by atomic mass is 10.1. The van der Waals surface area contributed by atoms with E-state index in [0.29, 0.717) is 6.04 Å². The van der Waals surface area contributed by atoms with Gasteiger partial charge in [-0.15, -0.1) is 0 Å². The number of ether oxygens (including phenoxy) is 1. The van der Waals surface area contributed by atoms with Gasteiger partial charge in [0.25, 0.3) is 0 Å². The average Bonchev–Trinajstić information content (AvgIpc) is 2.61. The minimum absolute atomic E-state index is 0.0434. The summed E-state index contributed by atoms with van der Waals surface area (Å²) in [4.78, 5) is 13.9. The van der Waals surface area contributed by atoms with E-state index in [0.717, 1.165) is 32.5 Å². The van der Waals surface area contributed by atoms with E-state index < -0.39 is 0 Å². The molecule has 2 saturated heterocycles. The molecule has 1 N–H and O–H groups in total. The Bertz CT molecular complexity index is 231. The SMILES string of the molecule is CC(C)N1CC(OC(=O)[C@@H]2CCCN2)C1. The van der Waals surface area contributed by atoms with Crippen molar-refractivity contribution in [3.8, 4) is 0 Å². The summed E-state index contributed by atoms with van der Waals surface area (Å²) in [5, 5.41) is 3.16. The molecule has 0 spiro atoms. The number of hydrogen-bond acceptors (Lipinski definition) is 4. The number of hydrogen-bond donors (Lipinski definition) is 1. The van der Waals surface area contributed by atoms with Crippen LogP contribution >= 0.6 is 0 Å². The number of likely N-dealkylation sites (tertiary alicyclic amines) is 1. The molecule has 2 fully saturated rings. The van der Waals surface area contributed by atoms with E-state index in [1.165, 1.54) is 0 Å². The molecule has 0 aliphatic carbocycles. The van der Waals surface area contributed by atoms with Crippen LogP contribution in [-0.2, 0) is 9.53 Å². The molecule has 0 aromatic heterocycles. The number of rotatable bonds is 3. The minimum atomic E-state index is -0.0547. The first-order valence-electron chi connectivity index (χ1n) is 5.84. The number of carbonyl (C=O) groups is 1. The van der Waals surface area contributed by atoms with Crippen LogP contribution in [0.5, 0.6) is 0 Å². The zero-order valence-electron chi connectivity index (χ0n) is 9.53. The van der Waals surface area contributed by atoms with Crippen molar-refractivity contribution < 1.29 is 9.53 Å². The van der Waals surface area contributed by atoms with Gasteiger partial charge in [-0.2, -0.15) is 0 Å². The van der Waals surface area contributed by atoms with Crippen LogP contribution in [0.25, 0.3) is 0 Å². The molecule has 4 heteroatoms. The van der Waals surface area contributed by atoms with Gasteiger partial charge < -0.3 is 10.1 Å². The molecule has 0 amide bonds. The molecule has 15 heavy (non-hydrogen) atoms. The fourth-order valence-electron chi connectivity index (χ4n) is 2.10. The average molecular weight is 212 g/mol. The van der Waals surface area contributed by atoms with Gasteiger partial charge in [-0.1, -0.05) is 0 Å². The van der Waals surface area contributed by atoms with Gasteiger partial charge in [-0.3, -0.25) is 9.69 Å². The molecule has 0 radical (unpaired) electrons. The monoisotopic (exact) mass is 212 g/mol. The number of nitrogens with one attached hydrogen (secondary N) is 1. The van der Waals surface area contributed by atoms with Gasteiger partial charge in [0.1, 0.15) is 12.1 Å². The quantitative estimate of drug-likeness (QED) is 0.686. The Morgan fingerprint density at radius 2 is 2.20 bits per heavy atom. The maximum atomic E-state index is 11.6. The Balaban J connectivity index is 1.68. The zero-order valence-corrected chi connectivity index (χ0v) is 9.53. The van der Waals surface area contributed by atoms with Gasteiger partial charge in [0.15, 0.2) is 0 Å².